The summed E-state index contributed by atoms with van der Waals surface area (Å²) in [6, 6.07) is 0. The van der Waals surface area contributed by atoms with Crippen LogP contribution in [0, 0.1) is 5.41 Å². The molecule has 1 unspecified atom stereocenters. The van der Waals surface area contributed by atoms with Crippen molar-refractivity contribution in [3.63, 3.8) is 0 Å². The van der Waals surface area contributed by atoms with Crippen LogP contribution in [-0.4, -0.2) is 40.6 Å². The number of carbonyl (C=O) groups excluding carboxylic acids is 1. The van der Waals surface area contributed by atoms with E-state index in [0.29, 0.717) is 12.8 Å². The van der Waals surface area contributed by atoms with Crippen molar-refractivity contribution in [3.8, 4) is 0 Å². The molecule has 0 aromatic carbocycles. The molecule has 1 aliphatic rings. The third-order valence-corrected chi connectivity index (χ3v) is 9.58. The smallest absolute Gasteiger partial charge is 0.298 e. The second kappa shape index (κ2) is 6.92. The lowest BCUT2D eigenvalue weighted by molar-refractivity contribution is -0.123. The SMILES string of the molecule is CC(C)(C)C(=O)CS(C)([OH+]S(=O)(=O)C(F)(F)F)C1CCCCC1. The highest BCUT2D eigenvalue weighted by molar-refractivity contribution is 8.32. The molecule has 0 aliphatic heterocycles. The first-order chi connectivity index (χ1) is 10.2. The number of carbonyl (C=O) groups is 1. The van der Waals surface area contributed by atoms with Crippen LogP contribution in [0.2, 0.25) is 0 Å². The Labute approximate surface area is 137 Å². The first-order valence-electron chi connectivity index (χ1n) is 7.53. The molecule has 138 valence electrons. The van der Waals surface area contributed by atoms with Gasteiger partial charge in [-0.15, -0.1) is 8.42 Å². The zero-order valence-electron chi connectivity index (χ0n) is 13.9. The van der Waals surface area contributed by atoms with Gasteiger partial charge in [0.2, 0.25) is 0 Å². The van der Waals surface area contributed by atoms with E-state index >= 15 is 0 Å². The Kier molecular flexibility index (Phi) is 6.24. The van der Waals surface area contributed by atoms with E-state index in [-0.39, 0.29) is 16.8 Å². The number of Topliss-reactive ketones (excluding diaryl/α,β-unsaturated/α-hetero) is 1. The van der Waals surface area contributed by atoms with Crippen molar-refractivity contribution in [3.05, 3.63) is 0 Å². The summed E-state index contributed by atoms with van der Waals surface area (Å²) in [6.07, 6.45) is 5.35. The number of hydrogen-bond acceptors (Lipinski definition) is 3. The van der Waals surface area contributed by atoms with Gasteiger partial charge in [-0.25, -0.2) is 0 Å². The molecule has 0 bridgehead atoms. The van der Waals surface area contributed by atoms with Gasteiger partial charge in [-0.2, -0.15) is 13.2 Å². The minimum absolute atomic E-state index is 0.212. The van der Waals surface area contributed by atoms with E-state index in [0.717, 1.165) is 19.3 Å². The maximum absolute atomic E-state index is 12.7. The molecule has 1 rings (SSSR count). The van der Waals surface area contributed by atoms with E-state index in [1.807, 2.05) is 0 Å². The van der Waals surface area contributed by atoms with Crippen molar-refractivity contribution < 1.29 is 30.0 Å². The lowest BCUT2D eigenvalue weighted by atomic mass is 9.92. The first kappa shape index (κ1) is 20.8. The van der Waals surface area contributed by atoms with Gasteiger partial charge in [-0.05, 0) is 23.2 Å². The second-order valence-corrected chi connectivity index (χ2v) is 12.4. The molecule has 4 nitrogen and oxygen atoms in total. The number of ketones is 1. The Morgan fingerprint density at radius 3 is 1.96 bits per heavy atom. The highest BCUT2D eigenvalue weighted by Crippen LogP contribution is 2.56. The van der Waals surface area contributed by atoms with E-state index in [4.69, 9.17) is 0 Å². The molecule has 0 aromatic rings. The average molecular weight is 379 g/mol. The third kappa shape index (κ3) is 5.35. The first-order valence-corrected chi connectivity index (χ1v) is 11.2. The fourth-order valence-corrected chi connectivity index (χ4v) is 7.90. The van der Waals surface area contributed by atoms with Gasteiger partial charge in [0, 0.05) is 11.7 Å². The van der Waals surface area contributed by atoms with Crippen LogP contribution in [0.5, 0.6) is 0 Å². The fraction of sp³-hybridized carbons (Fsp3) is 0.929. The molecule has 1 fully saturated rings. The van der Waals surface area contributed by atoms with Crippen LogP contribution < -0.4 is 0 Å². The third-order valence-electron chi connectivity index (χ3n) is 4.09. The molecule has 0 aromatic heterocycles. The summed E-state index contributed by atoms with van der Waals surface area (Å²) in [5.41, 5.74) is -6.15. The van der Waals surface area contributed by atoms with Gasteiger partial charge in [-0.3, -0.25) is 8.42 Å². The molecular formula is C14H26F3O4S2+. The van der Waals surface area contributed by atoms with E-state index < -0.39 is 31.4 Å². The molecule has 23 heavy (non-hydrogen) atoms. The van der Waals surface area contributed by atoms with Crippen molar-refractivity contribution in [1.82, 2.24) is 0 Å². The summed E-state index contributed by atoms with van der Waals surface area (Å²) < 4.78 is 64.7. The molecule has 0 amide bonds. The van der Waals surface area contributed by atoms with Gasteiger partial charge < -0.3 is 0 Å². The van der Waals surface area contributed by atoms with Crippen LogP contribution in [0.25, 0.3) is 0 Å². The topological polar surface area (TPSA) is 64.0 Å². The highest BCUT2D eigenvalue weighted by Gasteiger charge is 2.57. The molecule has 1 saturated carbocycles. The minimum Gasteiger partial charge on any atom is -0.298 e. The normalized spacial score (nSPS) is 22.4. The molecular weight excluding hydrogens is 353 g/mol. The Hall–Kier alpha value is -0.280. The van der Waals surface area contributed by atoms with Gasteiger partial charge >= 0.3 is 15.6 Å². The Morgan fingerprint density at radius 2 is 1.57 bits per heavy atom. The van der Waals surface area contributed by atoms with E-state index in [1.54, 1.807) is 20.8 Å². The standard InChI is InChI=1S/C14H25F3O4S2/c1-13(2,3)12(18)10-22(4,11-8-6-5-7-9-11)21-23(19,20)14(15,16)17/h11H,5-10H2,1-4H3/p+1. The molecule has 0 saturated heterocycles. The second-order valence-electron chi connectivity index (χ2n) is 7.18. The maximum Gasteiger partial charge on any atom is 0.572 e. The predicted molar refractivity (Wildman–Crippen MR) is 87.3 cm³/mol. The lowest BCUT2D eigenvalue weighted by Gasteiger charge is -2.40. The maximum atomic E-state index is 12.7. The van der Waals surface area contributed by atoms with E-state index in [2.05, 4.69) is 3.63 Å². The van der Waals surface area contributed by atoms with Crippen molar-refractivity contribution in [2.45, 2.75) is 63.6 Å². The van der Waals surface area contributed by atoms with Gasteiger partial charge in [0.15, 0.2) is 5.78 Å². The van der Waals surface area contributed by atoms with E-state index in [1.165, 1.54) is 6.26 Å². The quantitative estimate of drug-likeness (QED) is 0.408. The molecule has 0 heterocycles. The summed E-state index contributed by atoms with van der Waals surface area (Å²) >= 11 is 0. The van der Waals surface area contributed by atoms with Crippen LogP contribution in [0.4, 0.5) is 13.2 Å². The summed E-state index contributed by atoms with van der Waals surface area (Å²) in [4.78, 5) is 12.3. The Bertz CT molecular complexity index is 531. The average Bonchev–Trinajstić information content (AvgIpc) is 2.36. The van der Waals surface area contributed by atoms with Crippen LogP contribution >= 0.6 is 10.3 Å². The van der Waals surface area contributed by atoms with Crippen molar-refractivity contribution in [2.75, 3.05) is 12.0 Å². The van der Waals surface area contributed by atoms with Crippen LogP contribution in [0.15, 0.2) is 0 Å². The zero-order chi connectivity index (χ0) is 18.1. The highest BCUT2D eigenvalue weighted by atomic mass is 32.3. The van der Waals surface area contributed by atoms with E-state index in [9.17, 15) is 26.4 Å². The molecule has 1 N–H and O–H groups in total. The number of halogens is 3. The van der Waals surface area contributed by atoms with Gasteiger partial charge in [0.25, 0.3) is 0 Å². The lowest BCUT2D eigenvalue weighted by Crippen LogP contribution is -2.39. The van der Waals surface area contributed by atoms with Crippen LogP contribution in [0.1, 0.15) is 52.9 Å². The predicted octanol–water partition coefficient (Wildman–Crippen LogP) is 4.23. The summed E-state index contributed by atoms with van der Waals surface area (Å²) in [5.74, 6) is -0.460. The Balaban J connectivity index is 3.13. The number of rotatable bonds is 5. The molecule has 0 spiro atoms. The summed E-state index contributed by atoms with van der Waals surface area (Å²) in [7, 11) is -8.18. The Morgan fingerprint density at radius 1 is 1.09 bits per heavy atom. The van der Waals surface area contributed by atoms with Gasteiger partial charge in [0.1, 0.15) is 0 Å². The van der Waals surface area contributed by atoms with Crippen molar-refractivity contribution in [2.24, 2.45) is 5.41 Å². The fourth-order valence-electron chi connectivity index (χ4n) is 2.53. The summed E-state index contributed by atoms with van der Waals surface area (Å²) in [5, 5.41) is -0.250. The van der Waals surface area contributed by atoms with Crippen LogP contribution in [-0.2, 0) is 14.9 Å². The molecule has 1 aliphatic carbocycles. The minimum atomic E-state index is -5.59. The number of hydrogen-bond donors (Lipinski definition) is 0. The van der Waals surface area contributed by atoms with Crippen molar-refractivity contribution in [1.29, 1.82) is 0 Å². The molecule has 0 radical (unpaired) electrons. The largest absolute Gasteiger partial charge is 0.572 e. The van der Waals surface area contributed by atoms with Crippen molar-refractivity contribution >= 4 is 26.2 Å². The van der Waals surface area contributed by atoms with Gasteiger partial charge in [0.05, 0.1) is 11.0 Å². The number of alkyl halides is 3. The monoisotopic (exact) mass is 379 g/mol. The molecule has 9 heteroatoms. The summed E-state index contributed by atoms with van der Waals surface area (Å²) in [6.45, 7) is 5.02. The molecule has 1 atom stereocenters. The van der Waals surface area contributed by atoms with Crippen LogP contribution in [0.3, 0.4) is 0 Å². The van der Waals surface area contributed by atoms with Gasteiger partial charge in [-0.1, -0.05) is 40.0 Å². The zero-order valence-corrected chi connectivity index (χ0v) is 15.6.